The Labute approximate surface area is 123 Å². The molecule has 2 rings (SSSR count). The lowest BCUT2D eigenvalue weighted by atomic mass is 10.1. The molecule has 21 heavy (non-hydrogen) atoms. The first-order valence-corrected chi connectivity index (χ1v) is 6.80. The van der Waals surface area contributed by atoms with Gasteiger partial charge < -0.3 is 19.9 Å². The SMILES string of the molecule is COc1ccc(OC)c(C(=O)N[C@H]2CC[C@@H](C(=O)O)C2)c1. The van der Waals surface area contributed by atoms with Gasteiger partial charge in [0.15, 0.2) is 0 Å². The molecule has 2 atom stereocenters. The molecule has 1 amide bonds. The van der Waals surface area contributed by atoms with Crippen molar-refractivity contribution >= 4 is 11.9 Å². The van der Waals surface area contributed by atoms with Gasteiger partial charge in [-0.3, -0.25) is 9.59 Å². The van der Waals surface area contributed by atoms with Crippen LogP contribution in [0.1, 0.15) is 29.6 Å². The van der Waals surface area contributed by atoms with Gasteiger partial charge in [0, 0.05) is 6.04 Å². The molecule has 1 saturated carbocycles. The van der Waals surface area contributed by atoms with Gasteiger partial charge in [-0.25, -0.2) is 0 Å². The van der Waals surface area contributed by atoms with Gasteiger partial charge in [0.2, 0.25) is 0 Å². The third-order valence-electron chi connectivity index (χ3n) is 3.77. The molecule has 0 heterocycles. The van der Waals surface area contributed by atoms with Crippen LogP contribution in [0.25, 0.3) is 0 Å². The van der Waals surface area contributed by atoms with E-state index in [9.17, 15) is 9.59 Å². The van der Waals surface area contributed by atoms with Crippen molar-refractivity contribution in [3.8, 4) is 11.5 Å². The average Bonchev–Trinajstić information content (AvgIpc) is 2.95. The Bertz CT molecular complexity index is 543. The lowest BCUT2D eigenvalue weighted by Gasteiger charge is -2.15. The Morgan fingerprint density at radius 1 is 1.24 bits per heavy atom. The molecule has 0 aliphatic heterocycles. The van der Waals surface area contributed by atoms with E-state index in [1.54, 1.807) is 18.2 Å². The zero-order valence-electron chi connectivity index (χ0n) is 12.1. The van der Waals surface area contributed by atoms with Crippen LogP contribution in [0.15, 0.2) is 18.2 Å². The largest absolute Gasteiger partial charge is 0.497 e. The zero-order valence-corrected chi connectivity index (χ0v) is 12.1. The number of nitrogens with one attached hydrogen (secondary N) is 1. The van der Waals surface area contributed by atoms with E-state index in [-0.39, 0.29) is 17.9 Å². The summed E-state index contributed by atoms with van der Waals surface area (Å²) in [6, 6.07) is 4.88. The number of hydrogen-bond donors (Lipinski definition) is 2. The predicted molar refractivity (Wildman–Crippen MR) is 75.8 cm³/mol. The number of rotatable bonds is 5. The molecule has 1 fully saturated rings. The van der Waals surface area contributed by atoms with Crippen LogP contribution in [0.4, 0.5) is 0 Å². The number of aliphatic carboxylic acids is 1. The van der Waals surface area contributed by atoms with E-state index in [0.717, 1.165) is 0 Å². The van der Waals surface area contributed by atoms with Crippen molar-refractivity contribution in [2.75, 3.05) is 14.2 Å². The molecule has 114 valence electrons. The van der Waals surface area contributed by atoms with Crippen LogP contribution in [0.5, 0.6) is 11.5 Å². The Morgan fingerprint density at radius 2 is 2.00 bits per heavy atom. The Hall–Kier alpha value is -2.24. The van der Waals surface area contributed by atoms with Gasteiger partial charge in [-0.1, -0.05) is 0 Å². The number of benzene rings is 1. The number of amides is 1. The first-order chi connectivity index (χ1) is 10.0. The second kappa shape index (κ2) is 6.47. The van der Waals surface area contributed by atoms with E-state index >= 15 is 0 Å². The van der Waals surface area contributed by atoms with Crippen LogP contribution in [-0.2, 0) is 4.79 Å². The molecule has 1 aliphatic rings. The molecule has 0 aromatic heterocycles. The number of carboxylic acids is 1. The fourth-order valence-electron chi connectivity index (χ4n) is 2.59. The second-order valence-corrected chi connectivity index (χ2v) is 5.08. The topological polar surface area (TPSA) is 84.9 Å². The molecule has 1 aromatic carbocycles. The molecular weight excluding hydrogens is 274 g/mol. The summed E-state index contributed by atoms with van der Waals surface area (Å²) in [4.78, 5) is 23.3. The predicted octanol–water partition coefficient (Wildman–Crippen LogP) is 1.69. The molecule has 2 N–H and O–H groups in total. The standard InChI is InChI=1S/C15H19NO5/c1-20-11-5-6-13(21-2)12(8-11)14(17)16-10-4-3-9(7-10)15(18)19/h5-6,8-10H,3-4,7H2,1-2H3,(H,16,17)(H,18,19)/t9-,10+/m1/s1. The van der Waals surface area contributed by atoms with Gasteiger partial charge in [0.05, 0.1) is 25.7 Å². The van der Waals surface area contributed by atoms with Crippen molar-refractivity contribution in [3.05, 3.63) is 23.8 Å². The molecule has 1 aliphatic carbocycles. The smallest absolute Gasteiger partial charge is 0.306 e. The Morgan fingerprint density at radius 3 is 2.57 bits per heavy atom. The number of carboxylic acid groups (broad SMARTS) is 1. The molecule has 0 spiro atoms. The first-order valence-electron chi connectivity index (χ1n) is 6.80. The molecule has 6 nitrogen and oxygen atoms in total. The number of carbonyl (C=O) groups excluding carboxylic acids is 1. The summed E-state index contributed by atoms with van der Waals surface area (Å²) in [6.45, 7) is 0. The van der Waals surface area contributed by atoms with Crippen molar-refractivity contribution in [2.24, 2.45) is 5.92 Å². The van der Waals surface area contributed by atoms with E-state index in [1.165, 1.54) is 14.2 Å². The van der Waals surface area contributed by atoms with Crippen molar-refractivity contribution in [1.82, 2.24) is 5.32 Å². The van der Waals surface area contributed by atoms with Gasteiger partial charge in [0.1, 0.15) is 11.5 Å². The minimum absolute atomic E-state index is 0.116. The molecule has 6 heteroatoms. The number of carbonyl (C=O) groups is 2. The third-order valence-corrected chi connectivity index (χ3v) is 3.77. The normalized spacial score (nSPS) is 20.9. The van der Waals surface area contributed by atoms with E-state index in [1.807, 2.05) is 0 Å². The lowest BCUT2D eigenvalue weighted by molar-refractivity contribution is -0.141. The van der Waals surface area contributed by atoms with E-state index in [0.29, 0.717) is 36.3 Å². The molecule has 0 unspecified atom stereocenters. The molecule has 1 aromatic rings. The van der Waals surface area contributed by atoms with Gasteiger partial charge >= 0.3 is 5.97 Å². The average molecular weight is 293 g/mol. The minimum Gasteiger partial charge on any atom is -0.497 e. The highest BCUT2D eigenvalue weighted by Crippen LogP contribution is 2.28. The maximum Gasteiger partial charge on any atom is 0.306 e. The summed E-state index contributed by atoms with van der Waals surface area (Å²) in [5, 5.41) is 11.9. The van der Waals surface area contributed by atoms with Crippen LogP contribution in [-0.4, -0.2) is 37.2 Å². The maximum atomic E-state index is 12.3. The highest BCUT2D eigenvalue weighted by molar-refractivity contribution is 5.97. The van der Waals surface area contributed by atoms with Crippen LogP contribution < -0.4 is 14.8 Å². The summed E-state index contributed by atoms with van der Waals surface area (Å²) in [6.07, 6.45) is 1.73. The fraction of sp³-hybridized carbons (Fsp3) is 0.467. The quantitative estimate of drug-likeness (QED) is 0.863. The monoisotopic (exact) mass is 293 g/mol. The van der Waals surface area contributed by atoms with E-state index in [4.69, 9.17) is 14.6 Å². The third kappa shape index (κ3) is 3.45. The number of hydrogen-bond acceptors (Lipinski definition) is 4. The van der Waals surface area contributed by atoms with Crippen LogP contribution >= 0.6 is 0 Å². The summed E-state index contributed by atoms with van der Waals surface area (Å²) in [5.41, 5.74) is 0.385. The maximum absolute atomic E-state index is 12.3. The van der Waals surface area contributed by atoms with Crippen LogP contribution in [0, 0.1) is 5.92 Å². The highest BCUT2D eigenvalue weighted by atomic mass is 16.5. The molecular formula is C15H19NO5. The number of ether oxygens (including phenoxy) is 2. The summed E-state index contributed by atoms with van der Waals surface area (Å²) in [5.74, 6) is -0.424. The molecule has 0 radical (unpaired) electrons. The van der Waals surface area contributed by atoms with Gasteiger partial charge in [-0.05, 0) is 37.5 Å². The Kier molecular flexibility index (Phi) is 4.67. The van der Waals surface area contributed by atoms with Crippen molar-refractivity contribution < 1.29 is 24.2 Å². The minimum atomic E-state index is -0.800. The number of methoxy groups -OCH3 is 2. The zero-order chi connectivity index (χ0) is 15.4. The van der Waals surface area contributed by atoms with Gasteiger partial charge in [-0.2, -0.15) is 0 Å². The Balaban J connectivity index is 2.08. The van der Waals surface area contributed by atoms with Gasteiger partial charge in [-0.15, -0.1) is 0 Å². The summed E-state index contributed by atoms with van der Waals surface area (Å²) in [7, 11) is 3.02. The van der Waals surface area contributed by atoms with Crippen LogP contribution in [0.3, 0.4) is 0 Å². The summed E-state index contributed by atoms with van der Waals surface area (Å²) < 4.78 is 10.3. The fourth-order valence-corrected chi connectivity index (χ4v) is 2.59. The van der Waals surface area contributed by atoms with Crippen molar-refractivity contribution in [1.29, 1.82) is 0 Å². The van der Waals surface area contributed by atoms with Gasteiger partial charge in [0.25, 0.3) is 5.91 Å². The lowest BCUT2D eigenvalue weighted by Crippen LogP contribution is -2.33. The second-order valence-electron chi connectivity index (χ2n) is 5.08. The van der Waals surface area contributed by atoms with E-state index < -0.39 is 5.97 Å². The molecule has 0 saturated heterocycles. The van der Waals surface area contributed by atoms with Crippen molar-refractivity contribution in [2.45, 2.75) is 25.3 Å². The van der Waals surface area contributed by atoms with E-state index in [2.05, 4.69) is 5.32 Å². The van der Waals surface area contributed by atoms with Crippen molar-refractivity contribution in [3.63, 3.8) is 0 Å². The van der Waals surface area contributed by atoms with Crippen LogP contribution in [0.2, 0.25) is 0 Å². The molecule has 0 bridgehead atoms. The summed E-state index contributed by atoms with van der Waals surface area (Å²) >= 11 is 0. The highest BCUT2D eigenvalue weighted by Gasteiger charge is 2.31. The first kappa shape index (κ1) is 15.2.